The summed E-state index contributed by atoms with van der Waals surface area (Å²) >= 11 is 11.6. The molecule has 0 heterocycles. The van der Waals surface area contributed by atoms with Crippen LogP contribution in [0, 0.1) is 10.1 Å². The smallest absolute Gasteiger partial charge is 0.318 e. The van der Waals surface area contributed by atoms with Crippen LogP contribution in [-0.2, 0) is 9.59 Å². The molecule has 0 aliphatic heterocycles. The molecule has 2 amide bonds. The SMILES string of the molecule is O=C(NN=Cc1cccc([N+](=O)[O-])c1)C(=O)Nc1ccc(Cl)c(Cl)c1. The fraction of sp³-hybridized carbons (Fsp3) is 0. The van der Waals surface area contributed by atoms with E-state index in [-0.39, 0.29) is 16.4 Å². The summed E-state index contributed by atoms with van der Waals surface area (Å²) in [5, 5.41) is 17.1. The van der Waals surface area contributed by atoms with E-state index in [9.17, 15) is 19.7 Å². The van der Waals surface area contributed by atoms with Crippen LogP contribution in [-0.4, -0.2) is 23.0 Å². The van der Waals surface area contributed by atoms with Crippen molar-refractivity contribution in [1.82, 2.24) is 5.43 Å². The van der Waals surface area contributed by atoms with E-state index >= 15 is 0 Å². The maximum Gasteiger partial charge on any atom is 0.329 e. The molecule has 0 aliphatic rings. The van der Waals surface area contributed by atoms with Gasteiger partial charge in [0.1, 0.15) is 0 Å². The number of nitrogens with zero attached hydrogens (tertiary/aromatic N) is 2. The van der Waals surface area contributed by atoms with Gasteiger partial charge in [-0.05, 0) is 18.2 Å². The number of carbonyl (C=O) groups excluding carboxylic acids is 2. The van der Waals surface area contributed by atoms with Gasteiger partial charge in [0.2, 0.25) is 0 Å². The van der Waals surface area contributed by atoms with E-state index in [4.69, 9.17) is 23.2 Å². The zero-order chi connectivity index (χ0) is 18.4. The number of nitro benzene ring substituents is 1. The molecule has 2 aromatic rings. The molecule has 10 heteroatoms. The van der Waals surface area contributed by atoms with Crippen LogP contribution >= 0.6 is 23.2 Å². The highest BCUT2D eigenvalue weighted by Gasteiger charge is 2.13. The number of hydrazone groups is 1. The summed E-state index contributed by atoms with van der Waals surface area (Å²) in [6, 6.07) is 9.95. The molecular weight excluding hydrogens is 371 g/mol. The van der Waals surface area contributed by atoms with Crippen LogP contribution in [0.5, 0.6) is 0 Å². The van der Waals surface area contributed by atoms with Crippen molar-refractivity contribution in [2.24, 2.45) is 5.10 Å². The zero-order valence-corrected chi connectivity index (χ0v) is 13.9. The Balaban J connectivity index is 1.94. The van der Waals surface area contributed by atoms with Crippen LogP contribution in [0.4, 0.5) is 11.4 Å². The molecule has 25 heavy (non-hydrogen) atoms. The lowest BCUT2D eigenvalue weighted by Gasteiger charge is -2.05. The average molecular weight is 381 g/mol. The lowest BCUT2D eigenvalue weighted by atomic mass is 10.2. The third kappa shape index (κ3) is 5.27. The Morgan fingerprint density at radius 2 is 1.84 bits per heavy atom. The van der Waals surface area contributed by atoms with E-state index < -0.39 is 16.7 Å². The van der Waals surface area contributed by atoms with Gasteiger partial charge in [-0.25, -0.2) is 5.43 Å². The molecule has 2 rings (SSSR count). The van der Waals surface area contributed by atoms with Crippen LogP contribution in [0.1, 0.15) is 5.56 Å². The molecule has 0 unspecified atom stereocenters. The quantitative estimate of drug-likeness (QED) is 0.367. The van der Waals surface area contributed by atoms with Crippen molar-refractivity contribution >= 4 is 52.6 Å². The summed E-state index contributed by atoms with van der Waals surface area (Å²) in [4.78, 5) is 33.5. The summed E-state index contributed by atoms with van der Waals surface area (Å²) in [7, 11) is 0. The molecule has 0 radical (unpaired) electrons. The van der Waals surface area contributed by atoms with Crippen molar-refractivity contribution in [3.05, 3.63) is 68.2 Å². The second-order valence-electron chi connectivity index (χ2n) is 4.63. The Labute approximate surface area is 151 Å². The number of hydrogen-bond acceptors (Lipinski definition) is 5. The van der Waals surface area contributed by atoms with Crippen LogP contribution in [0.3, 0.4) is 0 Å². The number of hydrogen-bond donors (Lipinski definition) is 2. The van der Waals surface area contributed by atoms with Crippen LogP contribution in [0.25, 0.3) is 0 Å². The van der Waals surface area contributed by atoms with Crippen LogP contribution in [0.15, 0.2) is 47.6 Å². The molecule has 128 valence electrons. The highest BCUT2D eigenvalue weighted by Crippen LogP contribution is 2.24. The van der Waals surface area contributed by atoms with E-state index in [2.05, 4.69) is 10.4 Å². The first kappa shape index (κ1) is 18.4. The molecule has 8 nitrogen and oxygen atoms in total. The van der Waals surface area contributed by atoms with Gasteiger partial charge in [0.05, 0.1) is 21.2 Å². The minimum Gasteiger partial charge on any atom is -0.318 e. The molecule has 0 bridgehead atoms. The minimum absolute atomic E-state index is 0.118. The standard InChI is InChI=1S/C15H10Cl2N4O4/c16-12-5-4-10(7-13(12)17)19-14(22)15(23)20-18-8-9-2-1-3-11(6-9)21(24)25/h1-8H,(H,19,22)(H,20,23). The van der Waals surface area contributed by atoms with Gasteiger partial charge in [-0.2, -0.15) is 5.10 Å². The number of benzene rings is 2. The average Bonchev–Trinajstić information content (AvgIpc) is 2.58. The van der Waals surface area contributed by atoms with Gasteiger partial charge in [0, 0.05) is 23.4 Å². The van der Waals surface area contributed by atoms with Crippen molar-refractivity contribution in [2.75, 3.05) is 5.32 Å². The first-order valence-corrected chi connectivity index (χ1v) is 7.46. The number of non-ortho nitro benzene ring substituents is 1. The van der Waals surface area contributed by atoms with Crippen molar-refractivity contribution in [3.8, 4) is 0 Å². The molecular formula is C15H10Cl2N4O4. The summed E-state index contributed by atoms with van der Waals surface area (Å²) in [6.45, 7) is 0. The first-order chi connectivity index (χ1) is 11.9. The number of nitro groups is 1. The number of anilines is 1. The monoisotopic (exact) mass is 380 g/mol. The normalized spacial score (nSPS) is 10.5. The number of nitrogens with one attached hydrogen (secondary N) is 2. The van der Waals surface area contributed by atoms with Gasteiger partial charge < -0.3 is 5.32 Å². The largest absolute Gasteiger partial charge is 0.329 e. The highest BCUT2D eigenvalue weighted by molar-refractivity contribution is 6.42. The number of amides is 2. The summed E-state index contributed by atoms with van der Waals surface area (Å²) in [5.74, 6) is -1.98. The molecule has 2 N–H and O–H groups in total. The van der Waals surface area contributed by atoms with Gasteiger partial charge in [0.15, 0.2) is 0 Å². The number of rotatable bonds is 4. The highest BCUT2D eigenvalue weighted by atomic mass is 35.5. The van der Waals surface area contributed by atoms with E-state index in [1.54, 1.807) is 6.07 Å². The maximum absolute atomic E-state index is 11.7. The molecule has 0 aliphatic carbocycles. The van der Waals surface area contributed by atoms with Gasteiger partial charge in [-0.15, -0.1) is 0 Å². The van der Waals surface area contributed by atoms with Crippen molar-refractivity contribution < 1.29 is 14.5 Å². The van der Waals surface area contributed by atoms with Crippen LogP contribution in [0.2, 0.25) is 10.0 Å². The molecule has 0 aromatic heterocycles. The minimum atomic E-state index is -1.02. The summed E-state index contributed by atoms with van der Waals surface area (Å²) in [5.41, 5.74) is 2.57. The molecule has 0 atom stereocenters. The van der Waals surface area contributed by atoms with Gasteiger partial charge >= 0.3 is 11.8 Å². The first-order valence-electron chi connectivity index (χ1n) is 6.70. The topological polar surface area (TPSA) is 114 Å². The molecule has 0 saturated carbocycles. The number of halogens is 2. The third-order valence-corrected chi connectivity index (χ3v) is 3.58. The molecule has 2 aromatic carbocycles. The van der Waals surface area contributed by atoms with E-state index in [1.165, 1.54) is 42.6 Å². The maximum atomic E-state index is 11.7. The Morgan fingerprint density at radius 3 is 2.52 bits per heavy atom. The van der Waals surface area contributed by atoms with Crippen molar-refractivity contribution in [2.45, 2.75) is 0 Å². The second kappa shape index (κ2) is 8.22. The Hall–Kier alpha value is -2.97. The zero-order valence-electron chi connectivity index (χ0n) is 12.4. The van der Waals surface area contributed by atoms with Crippen LogP contribution < -0.4 is 10.7 Å². The lowest BCUT2D eigenvalue weighted by Crippen LogP contribution is -2.32. The fourth-order valence-corrected chi connectivity index (χ4v) is 1.99. The van der Waals surface area contributed by atoms with Crippen molar-refractivity contribution in [1.29, 1.82) is 0 Å². The van der Waals surface area contributed by atoms with E-state index in [0.717, 1.165) is 0 Å². The predicted octanol–water partition coefficient (Wildman–Crippen LogP) is 2.99. The van der Waals surface area contributed by atoms with E-state index in [0.29, 0.717) is 10.6 Å². The Bertz CT molecular complexity index is 870. The fourth-order valence-electron chi connectivity index (χ4n) is 1.70. The van der Waals surface area contributed by atoms with E-state index in [1.807, 2.05) is 5.43 Å². The third-order valence-electron chi connectivity index (χ3n) is 2.84. The molecule has 0 spiro atoms. The van der Waals surface area contributed by atoms with Gasteiger partial charge in [-0.3, -0.25) is 19.7 Å². The van der Waals surface area contributed by atoms with Gasteiger partial charge in [-0.1, -0.05) is 35.3 Å². The van der Waals surface area contributed by atoms with Crippen molar-refractivity contribution in [3.63, 3.8) is 0 Å². The summed E-state index contributed by atoms with van der Waals surface area (Å²) < 4.78 is 0. The Morgan fingerprint density at radius 1 is 1.08 bits per heavy atom. The predicted molar refractivity (Wildman–Crippen MR) is 93.9 cm³/mol. The van der Waals surface area contributed by atoms with Gasteiger partial charge in [0.25, 0.3) is 5.69 Å². The molecule has 0 fully saturated rings. The Kier molecular flexibility index (Phi) is 6.04. The summed E-state index contributed by atoms with van der Waals surface area (Å²) in [6.07, 6.45) is 1.18. The lowest BCUT2D eigenvalue weighted by molar-refractivity contribution is -0.384. The number of carbonyl (C=O) groups is 2. The second-order valence-corrected chi connectivity index (χ2v) is 5.45. The molecule has 0 saturated heterocycles.